The first kappa shape index (κ1) is 45.9. The number of nitrogens with two attached hydrogens (primary N) is 2. The molecule has 1 aromatic rings. The zero-order valence-electron chi connectivity index (χ0n) is 30.9. The van der Waals surface area contributed by atoms with E-state index in [4.69, 9.17) is 21.3 Å². The SMILES string of the molecule is COC(=O)[C@H](CC(=O)O)NC(=O)CNC(=O)NNC(=O)[C@@H](NC(=O)[C@H](CC(C)C)NC(=O)[C@H](CCCN=C(N)N)NC(=O)OCc1ccccc1)C(C)C. The third kappa shape index (κ3) is 18.9. The third-order valence-electron chi connectivity index (χ3n) is 7.26. The summed E-state index contributed by atoms with van der Waals surface area (Å²) in [5, 5.41) is 20.9. The standard InChI is InChI=1S/C33H52N10O11/c1-18(2)14-22(39-27(47)21(12-9-13-36-31(34)35)40-33(52)54-17-20-10-7-6-8-11-20)28(48)41-26(19(3)4)29(49)42-43-32(51)37-16-24(44)38-23(15-25(45)46)30(50)53-5/h6-8,10-11,18-19,21-23,26H,9,12-17H2,1-5H3,(H,38,44)(H,39,47)(H,40,52)(H,41,48)(H,42,49)(H,45,46)(H4,34,35,36)(H2,37,43,51)/t21-,22-,23-,26-/m0/s1. The number of carboxylic acid groups (broad SMARTS) is 1. The number of nitrogens with one attached hydrogen (secondary N) is 7. The normalized spacial score (nSPS) is 12.8. The van der Waals surface area contributed by atoms with Gasteiger partial charge in [0, 0.05) is 6.54 Å². The molecule has 0 aliphatic rings. The van der Waals surface area contributed by atoms with Gasteiger partial charge in [-0.05, 0) is 36.7 Å². The summed E-state index contributed by atoms with van der Waals surface area (Å²) in [6, 6.07) is 2.82. The monoisotopic (exact) mass is 764 g/mol. The third-order valence-corrected chi connectivity index (χ3v) is 7.26. The first-order chi connectivity index (χ1) is 25.4. The molecule has 7 amide bonds. The number of methoxy groups -OCH3 is 1. The maximum Gasteiger partial charge on any atom is 0.408 e. The number of rotatable bonds is 21. The van der Waals surface area contributed by atoms with Crippen molar-refractivity contribution in [2.75, 3.05) is 20.2 Å². The lowest BCUT2D eigenvalue weighted by atomic mass is 9.99. The van der Waals surface area contributed by atoms with Crippen molar-refractivity contribution in [1.82, 2.24) is 37.4 Å². The minimum absolute atomic E-state index is 0.0516. The highest BCUT2D eigenvalue weighted by Gasteiger charge is 2.32. The Morgan fingerprint density at radius 2 is 1.46 bits per heavy atom. The smallest absolute Gasteiger partial charge is 0.408 e. The van der Waals surface area contributed by atoms with Crippen LogP contribution in [0.3, 0.4) is 0 Å². The van der Waals surface area contributed by atoms with E-state index in [9.17, 15) is 38.4 Å². The first-order valence-corrected chi connectivity index (χ1v) is 17.0. The van der Waals surface area contributed by atoms with E-state index in [2.05, 4.69) is 41.7 Å². The van der Waals surface area contributed by atoms with Gasteiger partial charge in [-0.1, -0.05) is 58.0 Å². The van der Waals surface area contributed by atoms with Crippen LogP contribution in [0.2, 0.25) is 0 Å². The summed E-state index contributed by atoms with van der Waals surface area (Å²) in [4.78, 5) is 104. The van der Waals surface area contributed by atoms with Crippen molar-refractivity contribution in [3.63, 3.8) is 0 Å². The molecular formula is C33H52N10O11. The maximum absolute atomic E-state index is 13.5. The van der Waals surface area contributed by atoms with E-state index in [0.29, 0.717) is 0 Å². The van der Waals surface area contributed by atoms with Crippen molar-refractivity contribution >= 4 is 53.7 Å². The Morgan fingerprint density at radius 1 is 0.815 bits per heavy atom. The van der Waals surface area contributed by atoms with Crippen LogP contribution < -0.4 is 48.9 Å². The number of ether oxygens (including phenoxy) is 2. The van der Waals surface area contributed by atoms with Gasteiger partial charge in [-0.2, -0.15) is 0 Å². The van der Waals surface area contributed by atoms with E-state index in [1.165, 1.54) is 0 Å². The summed E-state index contributed by atoms with van der Waals surface area (Å²) in [6.45, 7) is 6.28. The predicted octanol–water partition coefficient (Wildman–Crippen LogP) is -1.53. The molecule has 300 valence electrons. The van der Waals surface area contributed by atoms with Gasteiger partial charge in [0.25, 0.3) is 5.91 Å². The fourth-order valence-electron chi connectivity index (χ4n) is 4.60. The number of esters is 1. The van der Waals surface area contributed by atoms with Crippen LogP contribution in [0.1, 0.15) is 58.9 Å². The molecule has 0 radical (unpaired) electrons. The average molecular weight is 765 g/mol. The molecular weight excluding hydrogens is 712 g/mol. The molecule has 1 rings (SSSR count). The number of hydrogen-bond acceptors (Lipinski definition) is 11. The Balaban J connectivity index is 2.92. The Morgan fingerprint density at radius 3 is 2.04 bits per heavy atom. The number of hydrazine groups is 1. The number of carbonyl (C=O) groups is 8. The molecule has 0 bridgehead atoms. The highest BCUT2D eigenvalue weighted by atomic mass is 16.5. The number of guanidine groups is 1. The van der Waals surface area contributed by atoms with Crippen molar-refractivity contribution < 1.29 is 52.9 Å². The van der Waals surface area contributed by atoms with Crippen LogP contribution >= 0.6 is 0 Å². The van der Waals surface area contributed by atoms with Gasteiger partial charge in [0.05, 0.1) is 20.1 Å². The summed E-state index contributed by atoms with van der Waals surface area (Å²) in [5.74, 6) is -6.35. The average Bonchev–Trinajstić information content (AvgIpc) is 3.10. The highest BCUT2D eigenvalue weighted by Crippen LogP contribution is 2.10. The zero-order chi connectivity index (χ0) is 40.8. The zero-order valence-corrected chi connectivity index (χ0v) is 30.9. The molecule has 54 heavy (non-hydrogen) atoms. The molecule has 4 atom stereocenters. The Hall–Kier alpha value is -6.15. The topological polar surface area (TPSA) is 324 Å². The number of carbonyl (C=O) groups excluding carboxylic acids is 7. The lowest BCUT2D eigenvalue weighted by Gasteiger charge is -2.27. The number of aliphatic imine (C=N–C) groups is 1. The van der Waals surface area contributed by atoms with Crippen LogP contribution in [0, 0.1) is 11.8 Å². The van der Waals surface area contributed by atoms with Crippen LogP contribution in [0.4, 0.5) is 9.59 Å². The number of urea groups is 1. The minimum Gasteiger partial charge on any atom is -0.481 e. The lowest BCUT2D eigenvalue weighted by molar-refractivity contribution is -0.149. The first-order valence-electron chi connectivity index (χ1n) is 17.0. The summed E-state index contributed by atoms with van der Waals surface area (Å²) < 4.78 is 9.72. The summed E-state index contributed by atoms with van der Waals surface area (Å²) in [5.41, 5.74) is 15.7. The van der Waals surface area contributed by atoms with Gasteiger partial charge in [-0.3, -0.25) is 34.4 Å². The Labute approximate surface area is 312 Å². The van der Waals surface area contributed by atoms with E-state index in [0.717, 1.165) is 12.7 Å². The van der Waals surface area contributed by atoms with E-state index < -0.39 is 90.7 Å². The maximum atomic E-state index is 13.5. The number of carboxylic acids is 1. The van der Waals surface area contributed by atoms with Crippen molar-refractivity contribution in [3.05, 3.63) is 35.9 Å². The van der Waals surface area contributed by atoms with Gasteiger partial charge in [-0.15, -0.1) is 0 Å². The van der Waals surface area contributed by atoms with Crippen LogP contribution in [-0.2, 0) is 44.8 Å². The van der Waals surface area contributed by atoms with Crippen molar-refractivity contribution in [1.29, 1.82) is 0 Å². The highest BCUT2D eigenvalue weighted by molar-refractivity contribution is 5.95. The van der Waals surface area contributed by atoms with E-state index in [-0.39, 0.29) is 44.3 Å². The number of amides is 7. The van der Waals surface area contributed by atoms with Gasteiger partial charge in [-0.25, -0.2) is 19.8 Å². The molecule has 0 heterocycles. The number of benzene rings is 1. The second-order valence-corrected chi connectivity index (χ2v) is 12.7. The molecule has 21 heteroatoms. The fourth-order valence-corrected chi connectivity index (χ4v) is 4.60. The van der Waals surface area contributed by atoms with Crippen LogP contribution in [0.25, 0.3) is 0 Å². The molecule has 0 aliphatic carbocycles. The van der Waals surface area contributed by atoms with Crippen molar-refractivity contribution in [2.24, 2.45) is 28.3 Å². The van der Waals surface area contributed by atoms with Gasteiger partial charge >= 0.3 is 24.1 Å². The number of alkyl carbamates (subject to hydrolysis) is 1. The number of aliphatic carboxylic acids is 1. The molecule has 1 aromatic carbocycles. The minimum atomic E-state index is -1.50. The van der Waals surface area contributed by atoms with Gasteiger partial charge in [0.2, 0.25) is 17.7 Å². The summed E-state index contributed by atoms with van der Waals surface area (Å²) >= 11 is 0. The van der Waals surface area contributed by atoms with Crippen LogP contribution in [0.5, 0.6) is 0 Å². The predicted molar refractivity (Wildman–Crippen MR) is 192 cm³/mol. The Kier molecular flexibility index (Phi) is 20.5. The molecule has 0 unspecified atom stereocenters. The quantitative estimate of drug-likeness (QED) is 0.0224. The van der Waals surface area contributed by atoms with Crippen LogP contribution in [-0.4, -0.2) is 103 Å². The molecule has 0 spiro atoms. The molecule has 21 nitrogen and oxygen atoms in total. The van der Waals surface area contributed by atoms with Gasteiger partial charge < -0.3 is 52.6 Å². The molecule has 12 N–H and O–H groups in total. The van der Waals surface area contributed by atoms with E-state index in [1.54, 1.807) is 38.1 Å². The summed E-state index contributed by atoms with van der Waals surface area (Å²) in [7, 11) is 1.01. The van der Waals surface area contributed by atoms with E-state index in [1.807, 2.05) is 25.3 Å². The molecule has 0 aliphatic heterocycles. The van der Waals surface area contributed by atoms with Crippen molar-refractivity contribution in [2.45, 2.75) is 84.2 Å². The molecule has 0 fully saturated rings. The number of hydrogen-bond donors (Lipinski definition) is 10. The largest absolute Gasteiger partial charge is 0.481 e. The van der Waals surface area contributed by atoms with Gasteiger partial charge in [0.15, 0.2) is 5.96 Å². The van der Waals surface area contributed by atoms with Gasteiger partial charge in [0.1, 0.15) is 30.8 Å². The van der Waals surface area contributed by atoms with E-state index >= 15 is 0 Å². The molecule has 0 saturated heterocycles. The van der Waals surface area contributed by atoms with Crippen LogP contribution in [0.15, 0.2) is 35.3 Å². The number of nitrogens with zero attached hydrogens (tertiary/aromatic N) is 1. The second kappa shape index (κ2) is 24.2. The molecule has 0 saturated carbocycles. The van der Waals surface area contributed by atoms with Crippen molar-refractivity contribution in [3.8, 4) is 0 Å². The Bertz CT molecular complexity index is 1470. The second-order valence-electron chi connectivity index (χ2n) is 12.7. The molecule has 0 aromatic heterocycles. The lowest BCUT2D eigenvalue weighted by Crippen LogP contribution is -2.60. The fraction of sp³-hybridized carbons (Fsp3) is 0.545. The summed E-state index contributed by atoms with van der Waals surface area (Å²) in [6.07, 6.45) is -1.11.